The highest BCUT2D eigenvalue weighted by molar-refractivity contribution is 5.99. The number of phenols is 1. The van der Waals surface area contributed by atoms with Crippen LogP contribution in [0, 0.1) is 0 Å². The molecule has 0 atom stereocenters. The summed E-state index contributed by atoms with van der Waals surface area (Å²) in [6.45, 7) is 5.97. The summed E-state index contributed by atoms with van der Waals surface area (Å²) < 4.78 is 0. The van der Waals surface area contributed by atoms with Crippen molar-refractivity contribution < 1.29 is 14.7 Å². The molecule has 0 radical (unpaired) electrons. The summed E-state index contributed by atoms with van der Waals surface area (Å²) in [5.74, 6) is -0.732. The first-order valence-corrected chi connectivity index (χ1v) is 7.74. The van der Waals surface area contributed by atoms with E-state index in [0.717, 1.165) is 5.56 Å². The van der Waals surface area contributed by atoms with Crippen LogP contribution in [-0.4, -0.2) is 23.5 Å². The molecule has 2 aromatic rings. The van der Waals surface area contributed by atoms with E-state index in [2.05, 4.69) is 10.6 Å². The third-order valence-corrected chi connectivity index (χ3v) is 3.58. The third-order valence-electron chi connectivity index (χ3n) is 3.58. The fraction of sp³-hybridized carbons (Fsp3) is 0.263. The molecule has 5 nitrogen and oxygen atoms in total. The lowest BCUT2D eigenvalue weighted by Crippen LogP contribution is -2.32. The topological polar surface area (TPSA) is 78.4 Å². The van der Waals surface area contributed by atoms with Crippen molar-refractivity contribution in [3.63, 3.8) is 0 Å². The van der Waals surface area contributed by atoms with Crippen molar-refractivity contribution >= 4 is 17.5 Å². The molecule has 0 aromatic heterocycles. The predicted molar refractivity (Wildman–Crippen MR) is 94.2 cm³/mol. The van der Waals surface area contributed by atoms with Gasteiger partial charge in [-0.05, 0) is 35.2 Å². The van der Waals surface area contributed by atoms with E-state index in [1.54, 1.807) is 36.4 Å². The summed E-state index contributed by atoms with van der Waals surface area (Å²) in [5, 5.41) is 15.1. The molecule has 0 saturated carbocycles. The first kappa shape index (κ1) is 17.5. The summed E-state index contributed by atoms with van der Waals surface area (Å²) >= 11 is 0. The van der Waals surface area contributed by atoms with Crippen LogP contribution in [0.5, 0.6) is 5.75 Å². The third kappa shape index (κ3) is 4.59. The molecule has 3 N–H and O–H groups in total. The SMILES string of the molecule is CC(C)(C)c1ccc(O)c(NC(=O)CNC(=O)c2ccccc2)c1. The van der Waals surface area contributed by atoms with Gasteiger partial charge in [0.15, 0.2) is 0 Å². The van der Waals surface area contributed by atoms with Gasteiger partial charge in [-0.3, -0.25) is 9.59 Å². The van der Waals surface area contributed by atoms with Crippen molar-refractivity contribution in [3.8, 4) is 5.75 Å². The smallest absolute Gasteiger partial charge is 0.251 e. The van der Waals surface area contributed by atoms with Gasteiger partial charge in [0.25, 0.3) is 5.91 Å². The Bertz CT molecular complexity index is 734. The molecule has 24 heavy (non-hydrogen) atoms. The zero-order chi connectivity index (χ0) is 17.7. The van der Waals surface area contributed by atoms with Gasteiger partial charge in [0.1, 0.15) is 5.75 Å². The molecule has 0 heterocycles. The van der Waals surface area contributed by atoms with E-state index in [0.29, 0.717) is 11.3 Å². The average Bonchev–Trinajstić information content (AvgIpc) is 2.54. The summed E-state index contributed by atoms with van der Waals surface area (Å²) in [6, 6.07) is 13.8. The predicted octanol–water partition coefficient (Wildman–Crippen LogP) is 3.06. The largest absolute Gasteiger partial charge is 0.506 e. The number of amides is 2. The zero-order valence-electron chi connectivity index (χ0n) is 14.1. The second kappa shape index (κ2) is 7.17. The van der Waals surface area contributed by atoms with Gasteiger partial charge in [0.2, 0.25) is 5.91 Å². The maximum Gasteiger partial charge on any atom is 0.251 e. The minimum absolute atomic E-state index is 0.00858. The van der Waals surface area contributed by atoms with Crippen molar-refractivity contribution in [2.45, 2.75) is 26.2 Å². The van der Waals surface area contributed by atoms with Gasteiger partial charge >= 0.3 is 0 Å². The van der Waals surface area contributed by atoms with E-state index in [9.17, 15) is 14.7 Å². The minimum atomic E-state index is -0.402. The molecule has 0 spiro atoms. The quantitative estimate of drug-likeness (QED) is 0.756. The Hall–Kier alpha value is -2.82. The Balaban J connectivity index is 1.99. The summed E-state index contributed by atoms with van der Waals surface area (Å²) in [5.41, 5.74) is 1.71. The molecule has 0 saturated heterocycles. The van der Waals surface area contributed by atoms with Crippen LogP contribution in [0.15, 0.2) is 48.5 Å². The Labute approximate surface area is 141 Å². The van der Waals surface area contributed by atoms with Gasteiger partial charge in [-0.15, -0.1) is 0 Å². The lowest BCUT2D eigenvalue weighted by atomic mass is 9.87. The molecule has 0 aliphatic heterocycles. The molecule has 2 amide bonds. The molecular formula is C19H22N2O3. The molecular weight excluding hydrogens is 304 g/mol. The van der Waals surface area contributed by atoms with Crippen LogP contribution in [0.3, 0.4) is 0 Å². The number of rotatable bonds is 4. The molecule has 126 valence electrons. The normalized spacial score (nSPS) is 11.0. The fourth-order valence-corrected chi connectivity index (χ4v) is 2.15. The molecule has 0 fully saturated rings. The van der Waals surface area contributed by atoms with Gasteiger partial charge in [-0.25, -0.2) is 0 Å². The first-order valence-electron chi connectivity index (χ1n) is 7.74. The number of nitrogens with one attached hydrogen (secondary N) is 2. The maximum absolute atomic E-state index is 12.0. The number of benzene rings is 2. The highest BCUT2D eigenvalue weighted by Crippen LogP contribution is 2.30. The Morgan fingerprint density at radius 3 is 2.33 bits per heavy atom. The number of aromatic hydroxyl groups is 1. The summed E-state index contributed by atoms with van der Waals surface area (Å²) in [4.78, 5) is 23.9. The van der Waals surface area contributed by atoms with E-state index in [4.69, 9.17) is 0 Å². The number of hydrogen-bond acceptors (Lipinski definition) is 3. The molecule has 0 aliphatic carbocycles. The number of carbonyl (C=O) groups is 2. The summed E-state index contributed by atoms with van der Waals surface area (Å²) in [7, 11) is 0. The Morgan fingerprint density at radius 2 is 1.71 bits per heavy atom. The second-order valence-electron chi connectivity index (χ2n) is 6.58. The molecule has 0 bridgehead atoms. The highest BCUT2D eigenvalue weighted by atomic mass is 16.3. The summed E-state index contributed by atoms with van der Waals surface area (Å²) in [6.07, 6.45) is 0. The van der Waals surface area contributed by atoms with Crippen LogP contribution >= 0.6 is 0 Å². The van der Waals surface area contributed by atoms with Gasteiger partial charge < -0.3 is 15.7 Å². The van der Waals surface area contributed by atoms with Crippen LogP contribution in [0.2, 0.25) is 0 Å². The minimum Gasteiger partial charge on any atom is -0.506 e. The fourth-order valence-electron chi connectivity index (χ4n) is 2.15. The van der Waals surface area contributed by atoms with Crippen molar-refractivity contribution in [2.75, 3.05) is 11.9 Å². The van der Waals surface area contributed by atoms with E-state index in [1.165, 1.54) is 0 Å². The van der Waals surface area contributed by atoms with Gasteiger partial charge in [0.05, 0.1) is 12.2 Å². The lowest BCUT2D eigenvalue weighted by molar-refractivity contribution is -0.115. The van der Waals surface area contributed by atoms with Crippen LogP contribution < -0.4 is 10.6 Å². The van der Waals surface area contributed by atoms with E-state index in [1.807, 2.05) is 32.9 Å². The van der Waals surface area contributed by atoms with Gasteiger partial charge in [0, 0.05) is 5.56 Å². The van der Waals surface area contributed by atoms with Crippen molar-refractivity contribution in [2.24, 2.45) is 0 Å². The van der Waals surface area contributed by atoms with Gasteiger partial charge in [-0.1, -0.05) is 45.0 Å². The molecule has 0 aliphatic rings. The van der Waals surface area contributed by atoms with E-state index >= 15 is 0 Å². The second-order valence-corrected chi connectivity index (χ2v) is 6.58. The van der Waals surface area contributed by atoms with Crippen molar-refractivity contribution in [3.05, 3.63) is 59.7 Å². The molecule has 5 heteroatoms. The number of phenolic OH excluding ortho intramolecular Hbond substituents is 1. The average molecular weight is 326 g/mol. The van der Waals surface area contributed by atoms with Crippen molar-refractivity contribution in [1.82, 2.24) is 5.32 Å². The first-order chi connectivity index (χ1) is 11.3. The van der Waals surface area contributed by atoms with Crippen molar-refractivity contribution in [1.29, 1.82) is 0 Å². The van der Waals surface area contributed by atoms with Crippen LogP contribution in [-0.2, 0) is 10.2 Å². The maximum atomic E-state index is 12.0. The van der Waals surface area contributed by atoms with Crippen LogP contribution in [0.25, 0.3) is 0 Å². The Kier molecular flexibility index (Phi) is 5.24. The van der Waals surface area contributed by atoms with E-state index in [-0.39, 0.29) is 23.6 Å². The monoisotopic (exact) mass is 326 g/mol. The zero-order valence-corrected chi connectivity index (χ0v) is 14.1. The number of hydrogen-bond donors (Lipinski definition) is 3. The highest BCUT2D eigenvalue weighted by Gasteiger charge is 2.16. The lowest BCUT2D eigenvalue weighted by Gasteiger charge is -2.20. The Morgan fingerprint density at radius 1 is 1.04 bits per heavy atom. The molecule has 2 aromatic carbocycles. The van der Waals surface area contributed by atoms with Crippen LogP contribution in [0.1, 0.15) is 36.7 Å². The number of carbonyl (C=O) groups excluding carboxylic acids is 2. The standard InChI is InChI=1S/C19H22N2O3/c1-19(2,3)14-9-10-16(22)15(11-14)21-17(23)12-20-18(24)13-7-5-4-6-8-13/h4-11,22H,12H2,1-3H3,(H,20,24)(H,21,23). The number of anilines is 1. The molecule has 0 unspecified atom stereocenters. The molecule has 2 rings (SSSR count). The van der Waals surface area contributed by atoms with Crippen LogP contribution in [0.4, 0.5) is 5.69 Å². The van der Waals surface area contributed by atoms with E-state index < -0.39 is 5.91 Å². The van der Waals surface area contributed by atoms with Gasteiger partial charge in [-0.2, -0.15) is 0 Å².